The van der Waals surface area contributed by atoms with Crippen molar-refractivity contribution in [2.24, 2.45) is 0 Å². The van der Waals surface area contributed by atoms with E-state index in [1.807, 2.05) is 21.1 Å². The highest BCUT2D eigenvalue weighted by atomic mass is 31.2. The molecular formula is C58H111NO7P+. The molecule has 0 bridgehead atoms. The molecule has 9 heteroatoms. The standard InChI is InChI=1S/C58H110NO7P/c1-6-8-10-12-14-16-18-20-22-24-26-27-28-29-30-31-32-34-36-38-40-42-44-46-48-50-53-63-55-57(56-65-67(61,62)64-54-52-59(3,4)5)66-58(60)51-49-47-45-43-41-39-37-35-33-25-23-21-19-17-15-13-11-9-7-2/h15,17-18,20-21,23-24,26,57H,6-14,16,19,22,25,27-56H2,1-5H3/p+1/b17-15-,20-18-,23-21-,26-24-. The van der Waals surface area contributed by atoms with Gasteiger partial charge in [-0.2, -0.15) is 0 Å². The first-order chi connectivity index (χ1) is 32.6. The number of allylic oxidation sites excluding steroid dienone is 8. The van der Waals surface area contributed by atoms with Crippen LogP contribution in [0, 0.1) is 0 Å². The average molecular weight is 965 g/mol. The molecule has 0 fully saturated rings. The number of carbonyl (C=O) groups is 1. The summed E-state index contributed by atoms with van der Waals surface area (Å²) in [5, 5.41) is 0. The Morgan fingerprint density at radius 1 is 0.463 bits per heavy atom. The van der Waals surface area contributed by atoms with Gasteiger partial charge in [-0.25, -0.2) is 4.57 Å². The second-order valence-electron chi connectivity index (χ2n) is 20.3. The van der Waals surface area contributed by atoms with Crippen LogP contribution in [0.15, 0.2) is 48.6 Å². The van der Waals surface area contributed by atoms with Gasteiger partial charge < -0.3 is 18.9 Å². The van der Waals surface area contributed by atoms with E-state index in [9.17, 15) is 14.3 Å². The molecule has 0 aliphatic carbocycles. The van der Waals surface area contributed by atoms with Gasteiger partial charge in [0.1, 0.15) is 19.3 Å². The molecule has 0 aliphatic heterocycles. The lowest BCUT2D eigenvalue weighted by molar-refractivity contribution is -0.870. The molecule has 0 saturated heterocycles. The molecule has 0 aromatic heterocycles. The normalized spacial score (nSPS) is 13.8. The molecule has 67 heavy (non-hydrogen) atoms. The number of phosphoric ester groups is 1. The summed E-state index contributed by atoms with van der Waals surface area (Å²) in [7, 11) is 1.67. The number of likely N-dealkylation sites (N-methyl/N-ethyl adjacent to an activating group) is 1. The molecule has 1 N–H and O–H groups in total. The van der Waals surface area contributed by atoms with Crippen molar-refractivity contribution in [1.29, 1.82) is 0 Å². The van der Waals surface area contributed by atoms with Crippen LogP contribution in [0.25, 0.3) is 0 Å². The molecule has 0 rings (SSSR count). The molecule has 0 heterocycles. The van der Waals surface area contributed by atoms with Crippen LogP contribution < -0.4 is 0 Å². The monoisotopic (exact) mass is 965 g/mol. The zero-order valence-electron chi connectivity index (χ0n) is 44.9. The minimum atomic E-state index is -4.28. The van der Waals surface area contributed by atoms with Crippen LogP contribution in [0.2, 0.25) is 0 Å². The molecule has 8 nitrogen and oxygen atoms in total. The van der Waals surface area contributed by atoms with Crippen molar-refractivity contribution in [3.63, 3.8) is 0 Å². The Morgan fingerprint density at radius 3 is 1.24 bits per heavy atom. The van der Waals surface area contributed by atoms with Crippen LogP contribution in [0.5, 0.6) is 0 Å². The first-order valence-corrected chi connectivity index (χ1v) is 29.9. The van der Waals surface area contributed by atoms with E-state index in [1.165, 1.54) is 193 Å². The van der Waals surface area contributed by atoms with E-state index < -0.39 is 13.9 Å². The van der Waals surface area contributed by atoms with Crippen molar-refractivity contribution in [2.75, 3.05) is 54.1 Å². The SMILES string of the molecule is CCCCC/C=C\C/C=C\CCCCCCCCCCCC(=O)OC(COCCCCCCCCCCCCCCCC/C=C\C/C=C\CCCCCCC)COP(=O)(O)OCC[N+](C)(C)C. The van der Waals surface area contributed by atoms with E-state index in [0.717, 1.165) is 44.9 Å². The topological polar surface area (TPSA) is 91.3 Å². The lowest BCUT2D eigenvalue weighted by Crippen LogP contribution is -2.37. The molecule has 0 aliphatic rings. The van der Waals surface area contributed by atoms with Crippen molar-refractivity contribution >= 4 is 13.8 Å². The van der Waals surface area contributed by atoms with Gasteiger partial charge in [-0.05, 0) is 77.0 Å². The Morgan fingerprint density at radius 2 is 0.821 bits per heavy atom. The first kappa shape index (κ1) is 65.5. The van der Waals surface area contributed by atoms with Gasteiger partial charge >= 0.3 is 13.8 Å². The summed E-state index contributed by atoms with van der Waals surface area (Å²) < 4.78 is 35.2. The van der Waals surface area contributed by atoms with E-state index in [-0.39, 0.29) is 25.8 Å². The number of nitrogens with zero attached hydrogens (tertiary/aromatic N) is 1. The van der Waals surface area contributed by atoms with Crippen molar-refractivity contribution in [3.05, 3.63) is 48.6 Å². The second kappa shape index (κ2) is 50.8. The number of phosphoric acid groups is 1. The number of quaternary nitrogens is 1. The summed E-state index contributed by atoms with van der Waals surface area (Å²) in [6.07, 6.45) is 64.5. The third-order valence-corrected chi connectivity index (χ3v) is 13.3. The number of carbonyl (C=O) groups excluding carboxylic acids is 1. The van der Waals surface area contributed by atoms with E-state index in [1.54, 1.807) is 0 Å². The molecule has 394 valence electrons. The number of unbranched alkanes of at least 4 members (excludes halogenated alkanes) is 31. The van der Waals surface area contributed by atoms with Crippen LogP contribution >= 0.6 is 7.82 Å². The van der Waals surface area contributed by atoms with Crippen LogP contribution in [0.4, 0.5) is 0 Å². The van der Waals surface area contributed by atoms with Crippen LogP contribution in [0.3, 0.4) is 0 Å². The zero-order valence-corrected chi connectivity index (χ0v) is 45.8. The van der Waals surface area contributed by atoms with Crippen molar-refractivity contribution < 1.29 is 37.3 Å². The second-order valence-corrected chi connectivity index (χ2v) is 21.8. The molecule has 2 unspecified atom stereocenters. The number of hydrogen-bond acceptors (Lipinski definition) is 6. The predicted molar refractivity (Wildman–Crippen MR) is 289 cm³/mol. The summed E-state index contributed by atoms with van der Waals surface area (Å²) in [6.45, 7) is 5.62. The van der Waals surface area contributed by atoms with Crippen LogP contribution in [0.1, 0.15) is 258 Å². The molecule has 0 aromatic rings. The third-order valence-electron chi connectivity index (χ3n) is 12.4. The summed E-state index contributed by atoms with van der Waals surface area (Å²) in [5.74, 6) is -0.315. The van der Waals surface area contributed by atoms with Gasteiger partial charge in [0, 0.05) is 13.0 Å². The summed E-state index contributed by atoms with van der Waals surface area (Å²) in [5.41, 5.74) is 0. The maximum absolute atomic E-state index is 12.8. The lowest BCUT2D eigenvalue weighted by atomic mass is 10.0. The average Bonchev–Trinajstić information content (AvgIpc) is 3.29. The lowest BCUT2D eigenvalue weighted by Gasteiger charge is -2.24. The summed E-state index contributed by atoms with van der Waals surface area (Å²) in [6, 6.07) is 0. The Bertz CT molecular complexity index is 1210. The Hall–Kier alpha value is -1.54. The molecule has 0 spiro atoms. The number of rotatable bonds is 53. The number of hydrogen-bond donors (Lipinski definition) is 1. The smallest absolute Gasteiger partial charge is 0.457 e. The molecule has 2 atom stereocenters. The largest absolute Gasteiger partial charge is 0.472 e. The van der Waals surface area contributed by atoms with Gasteiger partial charge in [-0.15, -0.1) is 0 Å². The Balaban J connectivity index is 4.06. The fourth-order valence-corrected chi connectivity index (χ4v) is 8.71. The van der Waals surface area contributed by atoms with Gasteiger partial charge in [0.2, 0.25) is 0 Å². The molecule has 0 amide bonds. The summed E-state index contributed by atoms with van der Waals surface area (Å²) in [4.78, 5) is 23.1. The number of ether oxygens (including phenoxy) is 2. The van der Waals surface area contributed by atoms with Gasteiger partial charge in [-0.1, -0.05) is 223 Å². The Kier molecular flexibility index (Phi) is 49.7. The predicted octanol–water partition coefficient (Wildman–Crippen LogP) is 17.8. The van der Waals surface area contributed by atoms with E-state index >= 15 is 0 Å². The maximum Gasteiger partial charge on any atom is 0.472 e. The van der Waals surface area contributed by atoms with E-state index in [2.05, 4.69) is 62.5 Å². The van der Waals surface area contributed by atoms with E-state index in [4.69, 9.17) is 18.5 Å². The maximum atomic E-state index is 12.8. The minimum Gasteiger partial charge on any atom is -0.457 e. The third kappa shape index (κ3) is 55.3. The van der Waals surface area contributed by atoms with Gasteiger partial charge in [0.15, 0.2) is 0 Å². The first-order valence-electron chi connectivity index (χ1n) is 28.4. The molecule has 0 saturated carbocycles. The molecular weight excluding hydrogens is 854 g/mol. The van der Waals surface area contributed by atoms with Crippen LogP contribution in [-0.2, 0) is 27.9 Å². The zero-order chi connectivity index (χ0) is 49.0. The van der Waals surface area contributed by atoms with Gasteiger partial charge in [-0.3, -0.25) is 13.8 Å². The summed E-state index contributed by atoms with van der Waals surface area (Å²) >= 11 is 0. The highest BCUT2D eigenvalue weighted by Gasteiger charge is 2.26. The quantitative estimate of drug-likeness (QED) is 0.0213. The highest BCUT2D eigenvalue weighted by Crippen LogP contribution is 2.43. The van der Waals surface area contributed by atoms with Crippen molar-refractivity contribution in [2.45, 2.75) is 264 Å². The van der Waals surface area contributed by atoms with Crippen LogP contribution in [-0.4, -0.2) is 75.6 Å². The van der Waals surface area contributed by atoms with Crippen molar-refractivity contribution in [1.82, 2.24) is 0 Å². The van der Waals surface area contributed by atoms with Gasteiger partial charge in [0.05, 0.1) is 34.4 Å². The van der Waals surface area contributed by atoms with E-state index in [0.29, 0.717) is 24.1 Å². The Labute approximate surface area is 416 Å². The minimum absolute atomic E-state index is 0.0875. The molecule has 0 radical (unpaired) electrons. The van der Waals surface area contributed by atoms with Gasteiger partial charge in [0.25, 0.3) is 0 Å². The highest BCUT2D eigenvalue weighted by molar-refractivity contribution is 7.47. The van der Waals surface area contributed by atoms with Crippen molar-refractivity contribution in [3.8, 4) is 0 Å². The molecule has 0 aromatic carbocycles. The fraction of sp³-hybridized carbons (Fsp3) is 0.845. The fourth-order valence-electron chi connectivity index (χ4n) is 7.97. The number of esters is 1.